The lowest BCUT2D eigenvalue weighted by Crippen LogP contribution is -2.48. The molecule has 1 aliphatic heterocycles. The van der Waals surface area contributed by atoms with Crippen LogP contribution in [0.15, 0.2) is 24.3 Å². The number of nitrogens with two attached hydrogens (primary N) is 1. The van der Waals surface area contributed by atoms with Crippen LogP contribution in [0.25, 0.3) is 0 Å². The fourth-order valence-electron chi connectivity index (χ4n) is 2.10. The standard InChI is InChI=1S/C14H20N2O3S/c1-17-11-4-2-3-5-12(11)18-8-6-16-7-9-19-13(10-16)14(15)20/h2-5,13H,6-10H2,1H3,(H2,15,20). The molecule has 0 saturated carbocycles. The summed E-state index contributed by atoms with van der Waals surface area (Å²) in [7, 11) is 1.64. The third-order valence-corrected chi connectivity index (χ3v) is 3.46. The van der Waals surface area contributed by atoms with E-state index in [1.165, 1.54) is 0 Å². The summed E-state index contributed by atoms with van der Waals surface area (Å²) in [4.78, 5) is 2.66. The van der Waals surface area contributed by atoms with E-state index in [2.05, 4.69) is 4.90 Å². The van der Waals surface area contributed by atoms with Gasteiger partial charge in [0.2, 0.25) is 0 Å². The second-order valence-electron chi connectivity index (χ2n) is 4.56. The predicted octanol–water partition coefficient (Wildman–Crippen LogP) is 1.06. The van der Waals surface area contributed by atoms with Gasteiger partial charge in [-0.3, -0.25) is 4.90 Å². The fourth-order valence-corrected chi connectivity index (χ4v) is 2.24. The molecule has 0 bridgehead atoms. The summed E-state index contributed by atoms with van der Waals surface area (Å²) in [6, 6.07) is 7.62. The third-order valence-electron chi connectivity index (χ3n) is 3.20. The lowest BCUT2D eigenvalue weighted by Gasteiger charge is -2.32. The van der Waals surface area contributed by atoms with E-state index in [0.717, 1.165) is 31.1 Å². The predicted molar refractivity (Wildman–Crippen MR) is 81.5 cm³/mol. The van der Waals surface area contributed by atoms with E-state index in [1.807, 2.05) is 24.3 Å². The minimum absolute atomic E-state index is 0.148. The second kappa shape index (κ2) is 7.42. The normalized spacial score (nSPS) is 19.6. The Labute approximate surface area is 124 Å². The Bertz CT molecular complexity index is 456. The average Bonchev–Trinajstić information content (AvgIpc) is 2.48. The molecule has 0 amide bonds. The van der Waals surface area contributed by atoms with Gasteiger partial charge in [0.1, 0.15) is 17.7 Å². The van der Waals surface area contributed by atoms with Crippen molar-refractivity contribution in [2.75, 3.05) is 40.0 Å². The number of hydrogen-bond donors (Lipinski definition) is 1. The minimum Gasteiger partial charge on any atom is -0.493 e. The summed E-state index contributed by atoms with van der Waals surface area (Å²) in [6.07, 6.45) is -0.148. The van der Waals surface area contributed by atoms with Crippen molar-refractivity contribution in [3.8, 4) is 11.5 Å². The van der Waals surface area contributed by atoms with Crippen molar-refractivity contribution >= 4 is 17.2 Å². The molecule has 1 aliphatic rings. The molecule has 1 unspecified atom stereocenters. The van der Waals surface area contributed by atoms with E-state index in [1.54, 1.807) is 7.11 Å². The van der Waals surface area contributed by atoms with Crippen LogP contribution in [0.1, 0.15) is 0 Å². The monoisotopic (exact) mass is 296 g/mol. The molecule has 0 aliphatic carbocycles. The molecule has 2 N–H and O–H groups in total. The van der Waals surface area contributed by atoms with Crippen molar-refractivity contribution in [2.45, 2.75) is 6.10 Å². The van der Waals surface area contributed by atoms with Gasteiger partial charge in [-0.05, 0) is 12.1 Å². The molecule has 110 valence electrons. The summed E-state index contributed by atoms with van der Waals surface area (Å²) >= 11 is 4.97. The number of rotatable bonds is 6. The van der Waals surface area contributed by atoms with Gasteiger partial charge in [-0.1, -0.05) is 24.4 Å². The average molecular weight is 296 g/mol. The first-order valence-corrected chi connectivity index (χ1v) is 7.00. The van der Waals surface area contributed by atoms with Crippen LogP contribution in [-0.2, 0) is 4.74 Å². The summed E-state index contributed by atoms with van der Waals surface area (Å²) in [6.45, 7) is 3.64. The minimum atomic E-state index is -0.148. The van der Waals surface area contributed by atoms with Crippen molar-refractivity contribution in [1.82, 2.24) is 4.90 Å². The van der Waals surface area contributed by atoms with Crippen LogP contribution in [0.5, 0.6) is 11.5 Å². The molecule has 1 fully saturated rings. The molecular formula is C14H20N2O3S. The van der Waals surface area contributed by atoms with E-state index < -0.39 is 0 Å². The van der Waals surface area contributed by atoms with Crippen LogP contribution in [0.4, 0.5) is 0 Å². The van der Waals surface area contributed by atoms with E-state index >= 15 is 0 Å². The molecule has 1 aromatic carbocycles. The van der Waals surface area contributed by atoms with E-state index in [4.69, 9.17) is 32.2 Å². The molecule has 0 spiro atoms. The number of hydrogen-bond acceptors (Lipinski definition) is 5. The summed E-state index contributed by atoms with van der Waals surface area (Å²) < 4.78 is 16.5. The van der Waals surface area contributed by atoms with Gasteiger partial charge in [0.15, 0.2) is 11.5 Å². The highest BCUT2D eigenvalue weighted by molar-refractivity contribution is 7.80. The molecule has 1 heterocycles. The van der Waals surface area contributed by atoms with Crippen molar-refractivity contribution in [2.24, 2.45) is 5.73 Å². The molecule has 1 aromatic rings. The smallest absolute Gasteiger partial charge is 0.161 e. The molecule has 2 rings (SSSR count). The van der Waals surface area contributed by atoms with Crippen LogP contribution in [0.3, 0.4) is 0 Å². The van der Waals surface area contributed by atoms with Gasteiger partial charge in [-0.2, -0.15) is 0 Å². The fraction of sp³-hybridized carbons (Fsp3) is 0.500. The van der Waals surface area contributed by atoms with Crippen LogP contribution in [-0.4, -0.2) is 56.0 Å². The van der Waals surface area contributed by atoms with Crippen LogP contribution in [0.2, 0.25) is 0 Å². The van der Waals surface area contributed by atoms with Crippen LogP contribution >= 0.6 is 12.2 Å². The quantitative estimate of drug-likeness (QED) is 0.792. The van der Waals surface area contributed by atoms with Crippen LogP contribution < -0.4 is 15.2 Å². The van der Waals surface area contributed by atoms with Gasteiger partial charge in [-0.25, -0.2) is 0 Å². The number of morpholine rings is 1. The SMILES string of the molecule is COc1ccccc1OCCN1CCOC(C(N)=S)C1. The first-order valence-electron chi connectivity index (χ1n) is 6.60. The van der Waals surface area contributed by atoms with Crippen LogP contribution in [0, 0.1) is 0 Å². The zero-order valence-electron chi connectivity index (χ0n) is 11.6. The van der Waals surface area contributed by atoms with E-state index in [0.29, 0.717) is 18.2 Å². The topological polar surface area (TPSA) is 57.0 Å². The van der Waals surface area contributed by atoms with Gasteiger partial charge in [0, 0.05) is 19.6 Å². The number of ether oxygens (including phenoxy) is 3. The summed E-state index contributed by atoms with van der Waals surface area (Å²) in [5.41, 5.74) is 5.62. The molecule has 1 atom stereocenters. The molecular weight excluding hydrogens is 276 g/mol. The summed E-state index contributed by atoms with van der Waals surface area (Å²) in [5, 5.41) is 0. The third kappa shape index (κ3) is 4.06. The molecule has 1 saturated heterocycles. The van der Waals surface area contributed by atoms with Gasteiger partial charge in [0.05, 0.1) is 13.7 Å². The lowest BCUT2D eigenvalue weighted by molar-refractivity contribution is 0.00297. The molecule has 0 radical (unpaired) electrons. The van der Waals surface area contributed by atoms with Gasteiger partial charge >= 0.3 is 0 Å². The molecule has 20 heavy (non-hydrogen) atoms. The Morgan fingerprint density at radius 2 is 2.20 bits per heavy atom. The summed E-state index contributed by atoms with van der Waals surface area (Å²) in [5.74, 6) is 1.50. The Morgan fingerprint density at radius 3 is 2.90 bits per heavy atom. The number of nitrogens with zero attached hydrogens (tertiary/aromatic N) is 1. The Balaban J connectivity index is 1.79. The van der Waals surface area contributed by atoms with Gasteiger partial charge in [-0.15, -0.1) is 0 Å². The maximum atomic E-state index is 5.75. The molecule has 5 nitrogen and oxygen atoms in total. The Hall–Kier alpha value is -1.37. The Kier molecular flexibility index (Phi) is 5.58. The highest BCUT2D eigenvalue weighted by atomic mass is 32.1. The van der Waals surface area contributed by atoms with Crippen molar-refractivity contribution < 1.29 is 14.2 Å². The molecule has 6 heteroatoms. The highest BCUT2D eigenvalue weighted by Gasteiger charge is 2.22. The van der Waals surface area contributed by atoms with Gasteiger partial charge in [0.25, 0.3) is 0 Å². The first kappa shape index (κ1) is 15.0. The number of benzene rings is 1. The highest BCUT2D eigenvalue weighted by Crippen LogP contribution is 2.25. The van der Waals surface area contributed by atoms with Crippen molar-refractivity contribution in [3.05, 3.63) is 24.3 Å². The number of thiocarbonyl (C=S) groups is 1. The second-order valence-corrected chi connectivity index (χ2v) is 5.03. The maximum absolute atomic E-state index is 5.75. The number of para-hydroxylation sites is 2. The van der Waals surface area contributed by atoms with E-state index in [9.17, 15) is 0 Å². The molecule has 0 aromatic heterocycles. The van der Waals surface area contributed by atoms with Crippen molar-refractivity contribution in [3.63, 3.8) is 0 Å². The zero-order valence-corrected chi connectivity index (χ0v) is 12.4. The largest absolute Gasteiger partial charge is 0.493 e. The number of methoxy groups -OCH3 is 1. The Morgan fingerprint density at radius 1 is 1.45 bits per heavy atom. The first-order chi connectivity index (χ1) is 9.70. The van der Waals surface area contributed by atoms with E-state index in [-0.39, 0.29) is 6.10 Å². The zero-order chi connectivity index (χ0) is 14.4. The van der Waals surface area contributed by atoms with Crippen molar-refractivity contribution in [1.29, 1.82) is 0 Å². The van der Waals surface area contributed by atoms with Gasteiger partial charge < -0.3 is 19.9 Å². The lowest BCUT2D eigenvalue weighted by atomic mass is 10.2. The maximum Gasteiger partial charge on any atom is 0.161 e.